The average Bonchev–Trinajstić information content (AvgIpc) is 2.73. The lowest BCUT2D eigenvalue weighted by Crippen LogP contribution is -2.29. The zero-order valence-electron chi connectivity index (χ0n) is 11.6. The lowest BCUT2D eigenvalue weighted by atomic mass is 10.3. The van der Waals surface area contributed by atoms with E-state index in [-0.39, 0.29) is 5.91 Å². The fourth-order valence-electron chi connectivity index (χ4n) is 1.97. The molecule has 0 N–H and O–H groups in total. The number of hydrogen-bond acceptors (Lipinski definition) is 3. The molecule has 0 spiro atoms. The van der Waals surface area contributed by atoms with Crippen molar-refractivity contribution in [3.8, 4) is 0 Å². The maximum Gasteiger partial charge on any atom is 0.262 e. The number of likely N-dealkylation sites (N-methyl/N-ethyl adjacent to an activating group) is 1. The van der Waals surface area contributed by atoms with Crippen molar-refractivity contribution < 1.29 is 4.79 Å². The highest BCUT2D eigenvalue weighted by Crippen LogP contribution is 2.15. The Labute approximate surface area is 117 Å². The zero-order valence-corrected chi connectivity index (χ0v) is 12.4. The fourth-order valence-corrected chi connectivity index (χ4v) is 3.00. The first kappa shape index (κ1) is 14.0. The zero-order chi connectivity index (χ0) is 13.8. The van der Waals surface area contributed by atoms with Crippen molar-refractivity contribution in [2.45, 2.75) is 13.8 Å². The summed E-state index contributed by atoms with van der Waals surface area (Å²) in [6.07, 6.45) is 0. The van der Waals surface area contributed by atoms with E-state index in [2.05, 4.69) is 23.7 Å². The quantitative estimate of drug-likeness (QED) is 0.857. The number of amides is 1. The highest BCUT2D eigenvalue weighted by atomic mass is 32.1. The molecule has 0 fully saturated rings. The van der Waals surface area contributed by atoms with Gasteiger partial charge in [0.05, 0.1) is 16.8 Å². The summed E-state index contributed by atoms with van der Waals surface area (Å²) in [6.45, 7) is 6.24. The third-order valence-electron chi connectivity index (χ3n) is 3.19. The van der Waals surface area contributed by atoms with Gasteiger partial charge in [-0.15, -0.1) is 0 Å². The third kappa shape index (κ3) is 3.11. The van der Waals surface area contributed by atoms with Gasteiger partial charge in [0, 0.05) is 7.05 Å². The molecule has 0 atom stereocenters. The number of rotatable bonds is 4. The largest absolute Gasteiger partial charge is 0.319 e. The first-order chi connectivity index (χ1) is 9.15. The second-order valence-electron chi connectivity index (χ2n) is 4.38. The van der Waals surface area contributed by atoms with Crippen LogP contribution in [0.3, 0.4) is 0 Å². The maximum absolute atomic E-state index is 12.0. The molecule has 102 valence electrons. The van der Waals surface area contributed by atoms with Gasteiger partial charge in [0.15, 0.2) is 4.80 Å². The number of fused-ring (bicyclic) bond motifs is 1. The predicted molar refractivity (Wildman–Crippen MR) is 79.2 cm³/mol. The van der Waals surface area contributed by atoms with Crippen LogP contribution in [-0.4, -0.2) is 35.0 Å². The van der Waals surface area contributed by atoms with E-state index < -0.39 is 0 Å². The van der Waals surface area contributed by atoms with Crippen molar-refractivity contribution >= 4 is 27.5 Å². The van der Waals surface area contributed by atoms with Crippen molar-refractivity contribution in [1.29, 1.82) is 0 Å². The molecule has 1 amide bonds. The van der Waals surface area contributed by atoms with Crippen LogP contribution < -0.4 is 4.80 Å². The van der Waals surface area contributed by atoms with E-state index in [1.165, 1.54) is 0 Å². The molecule has 4 nitrogen and oxygen atoms in total. The van der Waals surface area contributed by atoms with Crippen molar-refractivity contribution in [3.63, 3.8) is 0 Å². The average molecular weight is 277 g/mol. The number of hydrogen-bond donors (Lipinski definition) is 0. The minimum absolute atomic E-state index is 0.0779. The predicted octanol–water partition coefficient (Wildman–Crippen LogP) is 2.01. The molecular formula is C14H19N3OS. The van der Waals surface area contributed by atoms with Crippen LogP contribution in [-0.2, 0) is 11.8 Å². The lowest BCUT2D eigenvalue weighted by molar-refractivity contribution is -0.119. The molecule has 2 aromatic rings. The Kier molecular flexibility index (Phi) is 4.50. The summed E-state index contributed by atoms with van der Waals surface area (Å²) in [5.74, 6) is -0.0779. The molecule has 5 heteroatoms. The number of carbonyl (C=O) groups excluding carboxylic acids is 1. The normalized spacial score (nSPS) is 12.5. The van der Waals surface area contributed by atoms with E-state index in [1.807, 2.05) is 35.9 Å². The Morgan fingerprint density at radius 2 is 2.00 bits per heavy atom. The highest BCUT2D eigenvalue weighted by Gasteiger charge is 2.07. The maximum atomic E-state index is 12.0. The Morgan fingerprint density at radius 3 is 2.63 bits per heavy atom. The summed E-state index contributed by atoms with van der Waals surface area (Å²) < 4.78 is 3.12. The van der Waals surface area contributed by atoms with Crippen molar-refractivity contribution in [3.05, 3.63) is 29.1 Å². The summed E-state index contributed by atoms with van der Waals surface area (Å²) >= 11 is 1.55. The smallest absolute Gasteiger partial charge is 0.262 e. The molecule has 0 unspecified atom stereocenters. The number of benzene rings is 1. The van der Waals surface area contributed by atoms with Crippen molar-refractivity contribution in [1.82, 2.24) is 9.47 Å². The van der Waals surface area contributed by atoms with E-state index in [1.54, 1.807) is 11.3 Å². The molecule has 2 rings (SSSR count). The SMILES string of the molecule is CCN(CC)CC(=O)N=c1sc2ccccc2n1C. The van der Waals surface area contributed by atoms with Crippen LogP contribution in [0.1, 0.15) is 13.8 Å². The second-order valence-corrected chi connectivity index (χ2v) is 5.39. The summed E-state index contributed by atoms with van der Waals surface area (Å²) in [5, 5.41) is 0. The van der Waals surface area contributed by atoms with E-state index in [9.17, 15) is 4.79 Å². The van der Waals surface area contributed by atoms with Gasteiger partial charge in [0.2, 0.25) is 0 Å². The number of aryl methyl sites for hydroxylation is 1. The number of thiazole rings is 1. The Balaban J connectivity index is 2.31. The molecule has 0 radical (unpaired) electrons. The van der Waals surface area contributed by atoms with Gasteiger partial charge >= 0.3 is 0 Å². The number of para-hydroxylation sites is 1. The highest BCUT2D eigenvalue weighted by molar-refractivity contribution is 7.16. The summed E-state index contributed by atoms with van der Waals surface area (Å²) in [5.41, 5.74) is 1.11. The topological polar surface area (TPSA) is 37.6 Å². The van der Waals surface area contributed by atoms with Crippen LogP contribution in [0, 0.1) is 0 Å². The van der Waals surface area contributed by atoms with Gasteiger partial charge in [-0.1, -0.05) is 37.3 Å². The van der Waals surface area contributed by atoms with Gasteiger partial charge < -0.3 is 4.57 Å². The van der Waals surface area contributed by atoms with Crippen LogP contribution >= 0.6 is 11.3 Å². The number of aromatic nitrogens is 1. The Hall–Kier alpha value is -1.46. The first-order valence-corrected chi connectivity index (χ1v) is 7.31. The fraction of sp³-hybridized carbons (Fsp3) is 0.429. The van der Waals surface area contributed by atoms with E-state index in [4.69, 9.17) is 0 Å². The molecule has 1 heterocycles. The minimum Gasteiger partial charge on any atom is -0.319 e. The van der Waals surface area contributed by atoms with Crippen LogP contribution in [0.2, 0.25) is 0 Å². The first-order valence-electron chi connectivity index (χ1n) is 6.50. The molecule has 0 bridgehead atoms. The van der Waals surface area contributed by atoms with Gasteiger partial charge in [-0.3, -0.25) is 9.69 Å². The molecular weight excluding hydrogens is 258 g/mol. The molecule has 0 aliphatic heterocycles. The Morgan fingerprint density at radius 1 is 1.32 bits per heavy atom. The molecule has 1 aromatic heterocycles. The summed E-state index contributed by atoms with van der Waals surface area (Å²) in [6, 6.07) is 8.09. The summed E-state index contributed by atoms with van der Waals surface area (Å²) in [7, 11) is 1.95. The monoisotopic (exact) mass is 277 g/mol. The van der Waals surface area contributed by atoms with Crippen molar-refractivity contribution in [2.75, 3.05) is 19.6 Å². The summed E-state index contributed by atoms with van der Waals surface area (Å²) in [4.78, 5) is 19.0. The van der Waals surface area contributed by atoms with Gasteiger partial charge in [-0.2, -0.15) is 4.99 Å². The van der Waals surface area contributed by atoms with Crippen LogP contribution in [0.15, 0.2) is 29.3 Å². The van der Waals surface area contributed by atoms with Crippen molar-refractivity contribution in [2.24, 2.45) is 12.0 Å². The van der Waals surface area contributed by atoms with Gasteiger partial charge in [-0.25, -0.2) is 0 Å². The Bertz CT molecular complexity index is 637. The molecule has 1 aromatic carbocycles. The molecule has 0 aliphatic rings. The molecule has 0 saturated carbocycles. The number of carbonyl (C=O) groups is 1. The van der Waals surface area contributed by atoms with Crippen LogP contribution in [0.4, 0.5) is 0 Å². The second kappa shape index (κ2) is 6.12. The molecule has 0 aliphatic carbocycles. The van der Waals surface area contributed by atoms with Gasteiger partial charge in [0.1, 0.15) is 0 Å². The van der Waals surface area contributed by atoms with Crippen LogP contribution in [0.25, 0.3) is 10.2 Å². The van der Waals surface area contributed by atoms with E-state index in [0.29, 0.717) is 6.54 Å². The van der Waals surface area contributed by atoms with Gasteiger partial charge in [-0.05, 0) is 25.2 Å². The van der Waals surface area contributed by atoms with E-state index >= 15 is 0 Å². The van der Waals surface area contributed by atoms with Crippen LogP contribution in [0.5, 0.6) is 0 Å². The standard InChI is InChI=1S/C14H19N3OS/c1-4-17(5-2)10-13(18)15-14-16(3)11-8-6-7-9-12(11)19-14/h6-9H,4-5,10H2,1-3H3. The molecule has 0 saturated heterocycles. The number of nitrogens with zero attached hydrogens (tertiary/aromatic N) is 3. The minimum atomic E-state index is -0.0779. The van der Waals surface area contributed by atoms with E-state index in [0.717, 1.165) is 28.1 Å². The van der Waals surface area contributed by atoms with Gasteiger partial charge in [0.25, 0.3) is 5.91 Å². The third-order valence-corrected chi connectivity index (χ3v) is 4.30. The molecule has 19 heavy (non-hydrogen) atoms. The lowest BCUT2D eigenvalue weighted by Gasteiger charge is -2.14.